The molecule has 1 aliphatic carbocycles. The van der Waals surface area contributed by atoms with Gasteiger partial charge in [-0.25, -0.2) is 0 Å². The maximum Gasteiger partial charge on any atom is 0.306 e. The SMILES string of the molecule is CCCCCCC(=O)O[C@H]1C[C@@H](C)CC[C@@H]1C(C)C. The van der Waals surface area contributed by atoms with Crippen molar-refractivity contribution in [2.75, 3.05) is 0 Å². The topological polar surface area (TPSA) is 26.3 Å². The van der Waals surface area contributed by atoms with E-state index in [9.17, 15) is 4.79 Å². The molecule has 0 unspecified atom stereocenters. The predicted molar refractivity (Wildman–Crippen MR) is 80.0 cm³/mol. The summed E-state index contributed by atoms with van der Waals surface area (Å²) in [4.78, 5) is 11.9. The van der Waals surface area contributed by atoms with Crippen LogP contribution in [0.1, 0.15) is 79.1 Å². The van der Waals surface area contributed by atoms with Crippen LogP contribution in [-0.2, 0) is 9.53 Å². The zero-order valence-corrected chi connectivity index (χ0v) is 13.3. The van der Waals surface area contributed by atoms with Crippen LogP contribution in [0, 0.1) is 17.8 Å². The summed E-state index contributed by atoms with van der Waals surface area (Å²) in [6.07, 6.45) is 8.91. The van der Waals surface area contributed by atoms with Gasteiger partial charge in [0.05, 0.1) is 0 Å². The molecule has 19 heavy (non-hydrogen) atoms. The molecule has 0 spiro atoms. The fraction of sp³-hybridized carbons (Fsp3) is 0.941. The van der Waals surface area contributed by atoms with Crippen molar-refractivity contribution in [1.82, 2.24) is 0 Å². The third-order valence-corrected chi connectivity index (χ3v) is 4.48. The van der Waals surface area contributed by atoms with Crippen LogP contribution in [0.4, 0.5) is 0 Å². The van der Waals surface area contributed by atoms with Crippen molar-refractivity contribution in [2.24, 2.45) is 17.8 Å². The minimum Gasteiger partial charge on any atom is -0.462 e. The quantitative estimate of drug-likeness (QED) is 0.482. The van der Waals surface area contributed by atoms with E-state index < -0.39 is 0 Å². The van der Waals surface area contributed by atoms with Crippen LogP contribution in [0.3, 0.4) is 0 Å². The van der Waals surface area contributed by atoms with Crippen LogP contribution < -0.4 is 0 Å². The first-order valence-corrected chi connectivity index (χ1v) is 8.24. The summed E-state index contributed by atoms with van der Waals surface area (Å²) in [6, 6.07) is 0. The summed E-state index contributed by atoms with van der Waals surface area (Å²) >= 11 is 0. The van der Waals surface area contributed by atoms with Crippen molar-refractivity contribution < 1.29 is 9.53 Å². The molecular formula is C17H32O2. The van der Waals surface area contributed by atoms with Gasteiger partial charge >= 0.3 is 5.97 Å². The maximum absolute atomic E-state index is 11.9. The predicted octanol–water partition coefficient (Wildman–Crippen LogP) is 4.96. The Morgan fingerprint density at radius 3 is 2.58 bits per heavy atom. The number of hydrogen-bond acceptors (Lipinski definition) is 2. The molecule has 0 aromatic rings. The molecule has 0 heterocycles. The van der Waals surface area contributed by atoms with E-state index in [1.54, 1.807) is 0 Å². The van der Waals surface area contributed by atoms with Crippen LogP contribution in [0.5, 0.6) is 0 Å². The van der Waals surface area contributed by atoms with Crippen LogP contribution in [0.25, 0.3) is 0 Å². The second-order valence-corrected chi connectivity index (χ2v) is 6.67. The van der Waals surface area contributed by atoms with Gasteiger partial charge in [-0.1, -0.05) is 53.4 Å². The molecule has 3 atom stereocenters. The van der Waals surface area contributed by atoms with Crippen molar-refractivity contribution in [2.45, 2.75) is 85.2 Å². The molecule has 2 heteroatoms. The average Bonchev–Trinajstić information content (AvgIpc) is 2.34. The number of carbonyl (C=O) groups is 1. The van der Waals surface area contributed by atoms with E-state index in [4.69, 9.17) is 4.74 Å². The van der Waals surface area contributed by atoms with Gasteiger partial charge in [-0.3, -0.25) is 4.79 Å². The summed E-state index contributed by atoms with van der Waals surface area (Å²) in [5, 5.41) is 0. The first-order chi connectivity index (χ1) is 9.04. The highest BCUT2D eigenvalue weighted by Gasteiger charge is 2.33. The second kappa shape index (κ2) is 8.60. The smallest absolute Gasteiger partial charge is 0.306 e. The lowest BCUT2D eigenvalue weighted by molar-refractivity contribution is -0.156. The number of esters is 1. The molecule has 2 nitrogen and oxygen atoms in total. The van der Waals surface area contributed by atoms with E-state index in [0.717, 1.165) is 19.3 Å². The highest BCUT2D eigenvalue weighted by molar-refractivity contribution is 5.69. The highest BCUT2D eigenvalue weighted by atomic mass is 16.5. The molecule has 1 rings (SSSR count). The molecule has 0 radical (unpaired) electrons. The third kappa shape index (κ3) is 5.97. The molecule has 0 N–H and O–H groups in total. The summed E-state index contributed by atoms with van der Waals surface area (Å²) in [6.45, 7) is 8.97. The van der Waals surface area contributed by atoms with Crippen LogP contribution in [-0.4, -0.2) is 12.1 Å². The lowest BCUT2D eigenvalue weighted by Crippen LogP contribution is -2.35. The molecule has 1 saturated carbocycles. The Bertz CT molecular complexity index is 260. The maximum atomic E-state index is 11.9. The van der Waals surface area contributed by atoms with Gasteiger partial charge in [-0.2, -0.15) is 0 Å². The summed E-state index contributed by atoms with van der Waals surface area (Å²) in [5.41, 5.74) is 0. The summed E-state index contributed by atoms with van der Waals surface area (Å²) in [5.74, 6) is 1.91. The van der Waals surface area contributed by atoms with Gasteiger partial charge in [-0.15, -0.1) is 0 Å². The van der Waals surface area contributed by atoms with Gasteiger partial charge in [0.15, 0.2) is 0 Å². The Hall–Kier alpha value is -0.530. The van der Waals surface area contributed by atoms with E-state index in [2.05, 4.69) is 27.7 Å². The van der Waals surface area contributed by atoms with Crippen molar-refractivity contribution in [3.8, 4) is 0 Å². The van der Waals surface area contributed by atoms with Gasteiger partial charge in [0.2, 0.25) is 0 Å². The van der Waals surface area contributed by atoms with Crippen molar-refractivity contribution in [3.63, 3.8) is 0 Å². The first-order valence-electron chi connectivity index (χ1n) is 8.24. The van der Waals surface area contributed by atoms with Crippen molar-refractivity contribution in [1.29, 1.82) is 0 Å². The van der Waals surface area contributed by atoms with Gasteiger partial charge in [0.25, 0.3) is 0 Å². The van der Waals surface area contributed by atoms with Gasteiger partial charge in [0.1, 0.15) is 6.10 Å². The van der Waals surface area contributed by atoms with E-state index in [1.165, 1.54) is 25.7 Å². The first kappa shape index (κ1) is 16.5. The van der Waals surface area contributed by atoms with Crippen molar-refractivity contribution in [3.05, 3.63) is 0 Å². The number of ether oxygens (including phenoxy) is 1. The third-order valence-electron chi connectivity index (χ3n) is 4.48. The van der Waals surface area contributed by atoms with Crippen LogP contribution in [0.2, 0.25) is 0 Å². The zero-order valence-electron chi connectivity index (χ0n) is 13.3. The van der Waals surface area contributed by atoms with Crippen LogP contribution in [0.15, 0.2) is 0 Å². The van der Waals surface area contributed by atoms with E-state index in [0.29, 0.717) is 24.2 Å². The fourth-order valence-electron chi connectivity index (χ4n) is 3.17. The molecule has 112 valence electrons. The Morgan fingerprint density at radius 2 is 1.95 bits per heavy atom. The molecule has 0 aromatic carbocycles. The summed E-state index contributed by atoms with van der Waals surface area (Å²) in [7, 11) is 0. The largest absolute Gasteiger partial charge is 0.462 e. The lowest BCUT2D eigenvalue weighted by atomic mass is 9.75. The van der Waals surface area contributed by atoms with Gasteiger partial charge in [-0.05, 0) is 37.0 Å². The zero-order chi connectivity index (χ0) is 14.3. The number of rotatable bonds is 7. The second-order valence-electron chi connectivity index (χ2n) is 6.67. The Morgan fingerprint density at radius 1 is 1.21 bits per heavy atom. The Kier molecular flexibility index (Phi) is 7.48. The van der Waals surface area contributed by atoms with E-state index in [1.807, 2.05) is 0 Å². The average molecular weight is 268 g/mol. The molecule has 0 saturated heterocycles. The Labute approximate surface area is 119 Å². The van der Waals surface area contributed by atoms with Gasteiger partial charge < -0.3 is 4.74 Å². The minimum absolute atomic E-state index is 0.0286. The molecule has 1 aliphatic rings. The van der Waals surface area contributed by atoms with E-state index >= 15 is 0 Å². The monoisotopic (exact) mass is 268 g/mol. The minimum atomic E-state index is 0.0286. The summed E-state index contributed by atoms with van der Waals surface area (Å²) < 4.78 is 5.78. The molecule has 0 aromatic heterocycles. The molecule has 0 aliphatic heterocycles. The lowest BCUT2D eigenvalue weighted by Gasteiger charge is -2.36. The number of carbonyl (C=O) groups excluding carboxylic acids is 1. The van der Waals surface area contributed by atoms with Crippen LogP contribution >= 0.6 is 0 Å². The van der Waals surface area contributed by atoms with E-state index in [-0.39, 0.29) is 12.1 Å². The molecule has 1 fully saturated rings. The molecule has 0 amide bonds. The standard InChI is InChI=1S/C17H32O2/c1-5-6-7-8-9-17(18)19-16-12-14(4)10-11-15(16)13(2)3/h13-16H,5-12H2,1-4H3/t14-,15+,16-/m0/s1. The fourth-order valence-corrected chi connectivity index (χ4v) is 3.17. The number of unbranched alkanes of at least 4 members (excludes halogenated alkanes) is 3. The highest BCUT2D eigenvalue weighted by Crippen LogP contribution is 2.35. The number of hydrogen-bond donors (Lipinski definition) is 0. The molecular weight excluding hydrogens is 236 g/mol. The normalized spacial score (nSPS) is 27.5. The van der Waals surface area contributed by atoms with Gasteiger partial charge in [0, 0.05) is 6.42 Å². The molecule has 0 bridgehead atoms. The van der Waals surface area contributed by atoms with Crippen molar-refractivity contribution >= 4 is 5.97 Å². The Balaban J connectivity index is 2.36.